The first-order valence-electron chi connectivity index (χ1n) is 7.12. The first-order chi connectivity index (χ1) is 10.9. The van der Waals surface area contributed by atoms with Crippen LogP contribution in [0, 0.1) is 13.8 Å². The van der Waals surface area contributed by atoms with Crippen LogP contribution in [0.2, 0.25) is 0 Å². The molecule has 1 heterocycles. The molecule has 0 unspecified atom stereocenters. The van der Waals surface area contributed by atoms with Crippen LogP contribution in [0.15, 0.2) is 18.2 Å². The van der Waals surface area contributed by atoms with Gasteiger partial charge >= 0.3 is 0 Å². The lowest BCUT2D eigenvalue weighted by Gasteiger charge is -2.11. The summed E-state index contributed by atoms with van der Waals surface area (Å²) in [7, 11) is 3.07. The highest BCUT2D eigenvalue weighted by molar-refractivity contribution is 6.08. The smallest absolute Gasteiger partial charge is 0.272 e. The van der Waals surface area contributed by atoms with Gasteiger partial charge in [0.05, 0.1) is 19.9 Å². The number of H-pyrrole nitrogens is 1. The van der Waals surface area contributed by atoms with Gasteiger partial charge in [0, 0.05) is 17.3 Å². The van der Waals surface area contributed by atoms with Crippen molar-refractivity contribution in [2.75, 3.05) is 19.5 Å². The van der Waals surface area contributed by atoms with E-state index in [9.17, 15) is 9.59 Å². The number of Topliss-reactive ketones (excluding diaryl/α,β-unsaturated/α-hetero) is 1. The Labute approximate surface area is 134 Å². The zero-order valence-electron chi connectivity index (χ0n) is 13.9. The van der Waals surface area contributed by atoms with E-state index < -0.39 is 0 Å². The Morgan fingerprint density at radius 1 is 1.13 bits per heavy atom. The van der Waals surface area contributed by atoms with Gasteiger partial charge in [0.2, 0.25) is 0 Å². The van der Waals surface area contributed by atoms with Gasteiger partial charge in [-0.15, -0.1) is 0 Å². The number of benzene rings is 1. The number of ether oxygens (including phenoxy) is 2. The second kappa shape index (κ2) is 6.56. The summed E-state index contributed by atoms with van der Waals surface area (Å²) >= 11 is 0. The molecule has 0 fully saturated rings. The van der Waals surface area contributed by atoms with Crippen LogP contribution in [-0.2, 0) is 0 Å². The Hall–Kier alpha value is -2.76. The van der Waals surface area contributed by atoms with E-state index in [1.54, 1.807) is 39.2 Å². The number of nitrogens with one attached hydrogen (secondary N) is 2. The van der Waals surface area contributed by atoms with Crippen molar-refractivity contribution in [2.24, 2.45) is 0 Å². The van der Waals surface area contributed by atoms with Gasteiger partial charge in [0.25, 0.3) is 5.91 Å². The molecule has 1 amide bonds. The quantitative estimate of drug-likeness (QED) is 0.831. The molecule has 0 atom stereocenters. The predicted molar refractivity (Wildman–Crippen MR) is 87.8 cm³/mol. The zero-order valence-corrected chi connectivity index (χ0v) is 13.9. The van der Waals surface area contributed by atoms with E-state index in [1.807, 2.05) is 0 Å². The molecule has 122 valence electrons. The number of rotatable bonds is 5. The van der Waals surface area contributed by atoms with Crippen LogP contribution in [-0.4, -0.2) is 30.9 Å². The van der Waals surface area contributed by atoms with Gasteiger partial charge < -0.3 is 19.8 Å². The summed E-state index contributed by atoms with van der Waals surface area (Å²) in [5, 5.41) is 2.79. The highest BCUT2D eigenvalue weighted by atomic mass is 16.5. The molecule has 2 rings (SSSR count). The highest BCUT2D eigenvalue weighted by Gasteiger charge is 2.20. The molecule has 2 aromatic rings. The molecule has 0 radical (unpaired) electrons. The monoisotopic (exact) mass is 316 g/mol. The first-order valence-corrected chi connectivity index (χ1v) is 7.12. The predicted octanol–water partition coefficient (Wildman–Crippen LogP) is 3.10. The van der Waals surface area contributed by atoms with Gasteiger partial charge in [-0.3, -0.25) is 9.59 Å². The molecule has 1 aromatic carbocycles. The van der Waals surface area contributed by atoms with E-state index in [-0.39, 0.29) is 11.7 Å². The molecule has 6 heteroatoms. The lowest BCUT2D eigenvalue weighted by Crippen LogP contribution is -2.14. The zero-order chi connectivity index (χ0) is 17.1. The topological polar surface area (TPSA) is 80.4 Å². The molecule has 0 saturated carbocycles. The van der Waals surface area contributed by atoms with Crippen molar-refractivity contribution in [1.82, 2.24) is 4.98 Å². The highest BCUT2D eigenvalue weighted by Crippen LogP contribution is 2.30. The summed E-state index contributed by atoms with van der Waals surface area (Å²) in [6.45, 7) is 5.01. The molecule has 0 bridgehead atoms. The molecule has 0 spiro atoms. The second-order valence-electron chi connectivity index (χ2n) is 5.20. The van der Waals surface area contributed by atoms with Crippen LogP contribution in [0.4, 0.5) is 5.69 Å². The fourth-order valence-electron chi connectivity index (χ4n) is 2.59. The Morgan fingerprint density at radius 3 is 2.35 bits per heavy atom. The van der Waals surface area contributed by atoms with Crippen molar-refractivity contribution in [1.29, 1.82) is 0 Å². The van der Waals surface area contributed by atoms with Gasteiger partial charge in [-0.25, -0.2) is 0 Å². The molecular weight excluding hydrogens is 296 g/mol. The number of carbonyl (C=O) groups is 2. The number of aromatic nitrogens is 1. The number of hydrogen-bond donors (Lipinski definition) is 2. The second-order valence-corrected chi connectivity index (χ2v) is 5.20. The Bertz CT molecular complexity index is 762. The van der Waals surface area contributed by atoms with Crippen LogP contribution >= 0.6 is 0 Å². The van der Waals surface area contributed by atoms with Crippen LogP contribution in [0.1, 0.15) is 39.0 Å². The van der Waals surface area contributed by atoms with Crippen molar-refractivity contribution in [2.45, 2.75) is 20.8 Å². The average Bonchev–Trinajstić information content (AvgIpc) is 2.82. The number of methoxy groups -OCH3 is 2. The van der Waals surface area contributed by atoms with Crippen LogP contribution in [0.5, 0.6) is 11.5 Å². The summed E-state index contributed by atoms with van der Waals surface area (Å²) in [6, 6.07) is 5.11. The standard InChI is InChI=1S/C17H20N2O4/c1-9-15(11(3)20)10(2)18-16(9)17(21)19-13-7-6-12(22-4)8-14(13)23-5/h6-8,18H,1-5H3,(H,19,21). The van der Waals surface area contributed by atoms with E-state index in [4.69, 9.17) is 9.47 Å². The molecule has 0 aliphatic carbocycles. The lowest BCUT2D eigenvalue weighted by atomic mass is 10.1. The molecule has 1 aromatic heterocycles. The van der Waals surface area contributed by atoms with Gasteiger partial charge in [0.15, 0.2) is 5.78 Å². The SMILES string of the molecule is COc1ccc(NC(=O)c2[nH]c(C)c(C(C)=O)c2C)c(OC)c1. The van der Waals surface area contributed by atoms with Crippen molar-refractivity contribution in [3.63, 3.8) is 0 Å². The Morgan fingerprint density at radius 2 is 1.83 bits per heavy atom. The summed E-state index contributed by atoms with van der Waals surface area (Å²) in [5.74, 6) is 0.718. The molecule has 6 nitrogen and oxygen atoms in total. The number of amides is 1. The van der Waals surface area contributed by atoms with Gasteiger partial charge in [-0.1, -0.05) is 0 Å². The number of ketones is 1. The van der Waals surface area contributed by atoms with Crippen LogP contribution in [0.3, 0.4) is 0 Å². The third kappa shape index (κ3) is 3.21. The summed E-state index contributed by atoms with van der Waals surface area (Å²) < 4.78 is 10.4. The van der Waals surface area contributed by atoms with E-state index in [2.05, 4.69) is 10.3 Å². The Balaban J connectivity index is 2.33. The fraction of sp³-hybridized carbons (Fsp3) is 0.294. The summed E-state index contributed by atoms with van der Waals surface area (Å²) in [5.41, 5.74) is 2.76. The van der Waals surface area contributed by atoms with E-state index >= 15 is 0 Å². The largest absolute Gasteiger partial charge is 0.497 e. The van der Waals surface area contributed by atoms with Crippen molar-refractivity contribution in [3.8, 4) is 11.5 Å². The third-order valence-corrected chi connectivity index (χ3v) is 3.67. The minimum Gasteiger partial charge on any atom is -0.497 e. The van der Waals surface area contributed by atoms with Gasteiger partial charge in [-0.2, -0.15) is 0 Å². The Kier molecular flexibility index (Phi) is 4.74. The maximum absolute atomic E-state index is 12.5. The number of carbonyl (C=O) groups excluding carboxylic acids is 2. The molecule has 2 N–H and O–H groups in total. The van der Waals surface area contributed by atoms with Gasteiger partial charge in [0.1, 0.15) is 17.2 Å². The average molecular weight is 316 g/mol. The molecule has 0 aliphatic rings. The van der Waals surface area contributed by atoms with E-state index in [0.29, 0.717) is 39.7 Å². The fourth-order valence-corrected chi connectivity index (χ4v) is 2.59. The normalized spacial score (nSPS) is 10.3. The van der Waals surface area contributed by atoms with E-state index in [0.717, 1.165) is 0 Å². The van der Waals surface area contributed by atoms with Crippen molar-refractivity contribution < 1.29 is 19.1 Å². The number of anilines is 1. The van der Waals surface area contributed by atoms with Crippen molar-refractivity contribution in [3.05, 3.63) is 40.7 Å². The number of aryl methyl sites for hydroxylation is 1. The minimum absolute atomic E-state index is 0.0719. The summed E-state index contributed by atoms with van der Waals surface area (Å²) in [4.78, 5) is 27.1. The lowest BCUT2D eigenvalue weighted by molar-refractivity contribution is 0.101. The molecular formula is C17H20N2O4. The maximum atomic E-state index is 12.5. The molecule has 0 aliphatic heterocycles. The van der Waals surface area contributed by atoms with Gasteiger partial charge in [-0.05, 0) is 38.5 Å². The first kappa shape index (κ1) is 16.6. The maximum Gasteiger partial charge on any atom is 0.272 e. The molecule has 0 saturated heterocycles. The minimum atomic E-state index is -0.332. The third-order valence-electron chi connectivity index (χ3n) is 3.67. The molecule has 23 heavy (non-hydrogen) atoms. The number of hydrogen-bond acceptors (Lipinski definition) is 4. The van der Waals surface area contributed by atoms with E-state index in [1.165, 1.54) is 14.0 Å². The van der Waals surface area contributed by atoms with Crippen LogP contribution in [0.25, 0.3) is 0 Å². The summed E-state index contributed by atoms with van der Waals surface area (Å²) in [6.07, 6.45) is 0. The van der Waals surface area contributed by atoms with Crippen LogP contribution < -0.4 is 14.8 Å². The number of aromatic amines is 1. The van der Waals surface area contributed by atoms with Crippen molar-refractivity contribution >= 4 is 17.4 Å².